The van der Waals surface area contributed by atoms with Crippen molar-refractivity contribution >= 4 is 27.3 Å². The van der Waals surface area contributed by atoms with E-state index in [1.807, 2.05) is 48.5 Å². The summed E-state index contributed by atoms with van der Waals surface area (Å²) in [4.78, 5) is 7.48. The molecule has 2 aromatic heterocycles. The normalized spacial score (nSPS) is 14.9. The van der Waals surface area contributed by atoms with Crippen molar-refractivity contribution in [3.63, 3.8) is 0 Å². The van der Waals surface area contributed by atoms with E-state index in [1.165, 1.54) is 7.11 Å². The second-order valence-electron chi connectivity index (χ2n) is 9.76. The Balaban J connectivity index is 1.31. The Bertz CT molecular complexity index is 1750. The SMILES string of the molecule is COc1ccccc1S(=O)(=O)N1CCN(Cc2c(-c3ccc(Cl)cc3)nc3ccc(-c4ccccc4)cn23)CC1. The van der Waals surface area contributed by atoms with E-state index in [-0.39, 0.29) is 4.90 Å². The van der Waals surface area contributed by atoms with Crippen molar-refractivity contribution in [2.24, 2.45) is 0 Å². The number of methoxy groups -OCH3 is 1. The van der Waals surface area contributed by atoms with Gasteiger partial charge in [-0.3, -0.25) is 4.90 Å². The van der Waals surface area contributed by atoms with Gasteiger partial charge < -0.3 is 9.14 Å². The Labute approximate surface area is 239 Å². The fraction of sp³-hybridized carbons (Fsp3) is 0.194. The molecule has 3 heterocycles. The summed E-state index contributed by atoms with van der Waals surface area (Å²) in [6.45, 7) is 2.60. The maximum atomic E-state index is 13.4. The first-order valence-corrected chi connectivity index (χ1v) is 14.9. The summed E-state index contributed by atoms with van der Waals surface area (Å²) >= 11 is 6.18. The summed E-state index contributed by atoms with van der Waals surface area (Å²) in [5.74, 6) is 0.359. The molecule has 0 aliphatic carbocycles. The molecule has 9 heteroatoms. The van der Waals surface area contributed by atoms with Gasteiger partial charge in [0.25, 0.3) is 0 Å². The second kappa shape index (κ2) is 11.1. The van der Waals surface area contributed by atoms with E-state index in [9.17, 15) is 8.42 Å². The van der Waals surface area contributed by atoms with Crippen LogP contribution in [-0.4, -0.2) is 60.3 Å². The van der Waals surface area contributed by atoms with Gasteiger partial charge in [0.2, 0.25) is 10.0 Å². The van der Waals surface area contributed by atoms with Crippen molar-refractivity contribution in [1.82, 2.24) is 18.6 Å². The molecule has 40 heavy (non-hydrogen) atoms. The average molecular weight is 573 g/mol. The maximum Gasteiger partial charge on any atom is 0.246 e. The number of hydrogen-bond donors (Lipinski definition) is 0. The van der Waals surface area contributed by atoms with Crippen LogP contribution in [0.25, 0.3) is 28.0 Å². The molecule has 7 nitrogen and oxygen atoms in total. The highest BCUT2D eigenvalue weighted by Crippen LogP contribution is 2.31. The second-order valence-corrected chi connectivity index (χ2v) is 12.1. The molecule has 204 valence electrons. The third-order valence-electron chi connectivity index (χ3n) is 7.33. The van der Waals surface area contributed by atoms with Gasteiger partial charge in [-0.2, -0.15) is 4.31 Å². The van der Waals surface area contributed by atoms with Crippen LogP contribution in [0.2, 0.25) is 5.02 Å². The lowest BCUT2D eigenvalue weighted by Gasteiger charge is -2.34. The predicted octanol–water partition coefficient (Wildman–Crippen LogP) is 5.84. The van der Waals surface area contributed by atoms with Crippen LogP contribution in [0, 0.1) is 0 Å². The first kappa shape index (κ1) is 26.5. The van der Waals surface area contributed by atoms with Gasteiger partial charge >= 0.3 is 0 Å². The minimum absolute atomic E-state index is 0.200. The number of para-hydroxylation sites is 1. The van der Waals surface area contributed by atoms with E-state index < -0.39 is 10.0 Å². The van der Waals surface area contributed by atoms with E-state index in [0.29, 0.717) is 43.5 Å². The lowest BCUT2D eigenvalue weighted by molar-refractivity contribution is 0.179. The highest BCUT2D eigenvalue weighted by molar-refractivity contribution is 7.89. The summed E-state index contributed by atoms with van der Waals surface area (Å²) in [5.41, 5.74) is 6.02. The van der Waals surface area contributed by atoms with Crippen LogP contribution in [0.5, 0.6) is 5.75 Å². The standard InChI is InChI=1S/C31H29ClN4O3S/c1-39-28-9-5-6-10-29(28)40(37,38)35-19-17-34(18-20-35)22-27-31(24-11-14-26(32)15-12-24)33-30-16-13-25(21-36(27)30)23-7-3-2-4-8-23/h2-16,21H,17-20,22H2,1H3. The van der Waals surface area contributed by atoms with E-state index in [1.54, 1.807) is 28.6 Å². The lowest BCUT2D eigenvalue weighted by atomic mass is 10.1. The number of halogens is 1. The minimum atomic E-state index is -3.66. The summed E-state index contributed by atoms with van der Waals surface area (Å²) in [7, 11) is -2.18. The number of pyridine rings is 1. The molecule has 0 radical (unpaired) electrons. The number of aromatic nitrogens is 2. The van der Waals surface area contributed by atoms with Gasteiger partial charge in [0.05, 0.1) is 18.5 Å². The summed E-state index contributed by atoms with van der Waals surface area (Å²) in [5, 5.41) is 0.674. The van der Waals surface area contributed by atoms with Crippen molar-refractivity contribution in [3.05, 3.63) is 108 Å². The zero-order valence-electron chi connectivity index (χ0n) is 22.1. The van der Waals surface area contributed by atoms with Crippen LogP contribution >= 0.6 is 11.6 Å². The van der Waals surface area contributed by atoms with Gasteiger partial charge in [0, 0.05) is 49.5 Å². The molecule has 1 fully saturated rings. The van der Waals surface area contributed by atoms with Crippen LogP contribution in [0.1, 0.15) is 5.69 Å². The number of fused-ring (bicyclic) bond motifs is 1. The van der Waals surface area contributed by atoms with Gasteiger partial charge in [-0.1, -0.05) is 66.2 Å². The molecule has 1 aliphatic rings. The molecule has 1 saturated heterocycles. The highest BCUT2D eigenvalue weighted by atomic mass is 35.5. The first-order chi connectivity index (χ1) is 19.4. The van der Waals surface area contributed by atoms with Gasteiger partial charge in [-0.15, -0.1) is 0 Å². The molecule has 1 aliphatic heterocycles. The van der Waals surface area contributed by atoms with Crippen LogP contribution in [0.15, 0.2) is 102 Å². The Morgan fingerprint density at radius 2 is 1.48 bits per heavy atom. The van der Waals surface area contributed by atoms with Crippen molar-refractivity contribution in [3.8, 4) is 28.1 Å². The summed E-state index contributed by atoms with van der Waals surface area (Å²) in [6, 6.07) is 28.9. The third-order valence-corrected chi connectivity index (χ3v) is 9.52. The number of nitrogens with zero attached hydrogens (tertiary/aromatic N) is 4. The van der Waals surface area contributed by atoms with Gasteiger partial charge in [0.1, 0.15) is 16.3 Å². The number of piperazine rings is 1. The van der Waals surface area contributed by atoms with E-state index in [0.717, 1.165) is 33.7 Å². The van der Waals surface area contributed by atoms with Crippen LogP contribution in [-0.2, 0) is 16.6 Å². The topological polar surface area (TPSA) is 67.2 Å². The third kappa shape index (κ3) is 5.11. The number of hydrogen-bond acceptors (Lipinski definition) is 5. The summed E-state index contributed by atoms with van der Waals surface area (Å²) < 4.78 is 35.8. The monoisotopic (exact) mass is 572 g/mol. The Morgan fingerprint density at radius 3 is 2.20 bits per heavy atom. The highest BCUT2D eigenvalue weighted by Gasteiger charge is 2.31. The predicted molar refractivity (Wildman–Crippen MR) is 158 cm³/mol. The molecule has 0 unspecified atom stereocenters. The molecule has 0 amide bonds. The fourth-order valence-corrected chi connectivity index (χ4v) is 6.90. The van der Waals surface area contributed by atoms with Crippen molar-refractivity contribution < 1.29 is 13.2 Å². The van der Waals surface area contributed by atoms with E-state index in [4.69, 9.17) is 21.3 Å². The number of sulfonamides is 1. The minimum Gasteiger partial charge on any atom is -0.495 e. The zero-order chi connectivity index (χ0) is 27.7. The van der Waals surface area contributed by atoms with Crippen LogP contribution < -0.4 is 4.74 Å². The smallest absolute Gasteiger partial charge is 0.246 e. The molecule has 5 aromatic rings. The molecule has 0 spiro atoms. The molecule has 0 N–H and O–H groups in total. The summed E-state index contributed by atoms with van der Waals surface area (Å²) in [6.07, 6.45) is 2.13. The molecule has 6 rings (SSSR count). The molecule has 0 saturated carbocycles. The molecular formula is C31H29ClN4O3S. The molecule has 3 aromatic carbocycles. The average Bonchev–Trinajstić information content (AvgIpc) is 3.35. The molecule has 0 bridgehead atoms. The number of benzene rings is 3. The Morgan fingerprint density at radius 1 is 0.800 bits per heavy atom. The Hall–Kier alpha value is -3.69. The Kier molecular flexibility index (Phi) is 7.33. The first-order valence-electron chi connectivity index (χ1n) is 13.1. The quantitative estimate of drug-likeness (QED) is 0.245. The number of imidazole rings is 1. The van der Waals surface area contributed by atoms with Gasteiger partial charge in [-0.05, 0) is 47.5 Å². The molecule has 0 atom stereocenters. The van der Waals surface area contributed by atoms with Gasteiger partial charge in [0.15, 0.2) is 0 Å². The van der Waals surface area contributed by atoms with Crippen molar-refractivity contribution in [2.45, 2.75) is 11.4 Å². The number of ether oxygens (including phenoxy) is 1. The van der Waals surface area contributed by atoms with Crippen molar-refractivity contribution in [2.75, 3.05) is 33.3 Å². The number of rotatable bonds is 7. The van der Waals surface area contributed by atoms with E-state index in [2.05, 4.69) is 33.7 Å². The maximum absolute atomic E-state index is 13.4. The fourth-order valence-electron chi connectivity index (χ4n) is 5.20. The van der Waals surface area contributed by atoms with Crippen LogP contribution in [0.3, 0.4) is 0 Å². The van der Waals surface area contributed by atoms with Gasteiger partial charge in [-0.25, -0.2) is 13.4 Å². The molecular weight excluding hydrogens is 544 g/mol. The van der Waals surface area contributed by atoms with Crippen LogP contribution in [0.4, 0.5) is 0 Å². The lowest BCUT2D eigenvalue weighted by Crippen LogP contribution is -2.48. The van der Waals surface area contributed by atoms with Crippen molar-refractivity contribution in [1.29, 1.82) is 0 Å². The largest absolute Gasteiger partial charge is 0.495 e. The zero-order valence-corrected chi connectivity index (χ0v) is 23.6. The van der Waals surface area contributed by atoms with E-state index >= 15 is 0 Å².